The molecule has 2 rings (SSSR count). The zero-order valence-electron chi connectivity index (χ0n) is 14.0. The van der Waals surface area contributed by atoms with Crippen LogP contribution in [0.15, 0.2) is 9.72 Å². The van der Waals surface area contributed by atoms with Crippen molar-refractivity contribution in [2.45, 2.75) is 23.2 Å². The molecular formula is C15H24N4O3S2. The van der Waals surface area contributed by atoms with Crippen molar-refractivity contribution in [1.82, 2.24) is 20.1 Å². The number of carbonyl (C=O) groups is 2. The van der Waals surface area contributed by atoms with E-state index in [1.807, 2.05) is 19.0 Å². The van der Waals surface area contributed by atoms with E-state index in [1.54, 1.807) is 5.38 Å². The van der Waals surface area contributed by atoms with Gasteiger partial charge in [0.1, 0.15) is 0 Å². The minimum absolute atomic E-state index is 0.0858. The Morgan fingerprint density at radius 2 is 2.38 bits per heavy atom. The van der Waals surface area contributed by atoms with Gasteiger partial charge in [-0.2, -0.15) is 0 Å². The highest BCUT2D eigenvalue weighted by Gasteiger charge is 2.30. The minimum Gasteiger partial charge on any atom is -0.476 e. The summed E-state index contributed by atoms with van der Waals surface area (Å²) in [6.45, 7) is 3.39. The normalized spacial score (nSPS) is 17.9. The number of aromatic nitrogens is 1. The van der Waals surface area contributed by atoms with Gasteiger partial charge >= 0.3 is 5.97 Å². The average Bonchev–Trinajstić information content (AvgIpc) is 3.12. The van der Waals surface area contributed by atoms with Crippen LogP contribution in [0.5, 0.6) is 0 Å². The van der Waals surface area contributed by atoms with Crippen molar-refractivity contribution in [1.29, 1.82) is 0 Å². The van der Waals surface area contributed by atoms with Gasteiger partial charge in [0.15, 0.2) is 10.0 Å². The summed E-state index contributed by atoms with van der Waals surface area (Å²) in [6, 6.07) is 0.256. The van der Waals surface area contributed by atoms with Gasteiger partial charge < -0.3 is 20.2 Å². The van der Waals surface area contributed by atoms with Crippen molar-refractivity contribution in [2.24, 2.45) is 0 Å². The fraction of sp³-hybridized carbons (Fsp3) is 0.667. The summed E-state index contributed by atoms with van der Waals surface area (Å²) < 4.78 is 0.736. The van der Waals surface area contributed by atoms with E-state index in [-0.39, 0.29) is 17.6 Å². The molecule has 24 heavy (non-hydrogen) atoms. The fourth-order valence-electron chi connectivity index (χ4n) is 2.54. The number of thioether (sulfide) groups is 1. The largest absolute Gasteiger partial charge is 0.476 e. The molecule has 0 aromatic carbocycles. The molecule has 1 saturated heterocycles. The minimum atomic E-state index is -1.00. The number of hydrogen-bond donors (Lipinski definition) is 2. The van der Waals surface area contributed by atoms with Gasteiger partial charge in [-0.15, -0.1) is 11.3 Å². The highest BCUT2D eigenvalue weighted by atomic mass is 32.2. The van der Waals surface area contributed by atoms with Crippen molar-refractivity contribution < 1.29 is 14.7 Å². The van der Waals surface area contributed by atoms with Gasteiger partial charge in [0.2, 0.25) is 5.91 Å². The van der Waals surface area contributed by atoms with Gasteiger partial charge in [-0.05, 0) is 20.5 Å². The number of thiazole rings is 1. The number of nitrogens with one attached hydrogen (secondary N) is 1. The van der Waals surface area contributed by atoms with Crippen molar-refractivity contribution in [3.8, 4) is 0 Å². The maximum absolute atomic E-state index is 12.1. The topological polar surface area (TPSA) is 85.8 Å². The number of carboxylic acid groups (broad SMARTS) is 1. The van der Waals surface area contributed by atoms with E-state index in [0.29, 0.717) is 13.0 Å². The monoisotopic (exact) mass is 372 g/mol. The molecule has 0 aliphatic carbocycles. The lowest BCUT2D eigenvalue weighted by molar-refractivity contribution is -0.128. The third kappa shape index (κ3) is 5.73. The number of amides is 1. The molecule has 1 aromatic heterocycles. The molecule has 1 amide bonds. The van der Waals surface area contributed by atoms with Crippen LogP contribution in [0.4, 0.5) is 0 Å². The Bertz CT molecular complexity index is 565. The fourth-order valence-corrected chi connectivity index (χ4v) is 4.35. The summed E-state index contributed by atoms with van der Waals surface area (Å²) in [5.74, 6) is -0.0657. The van der Waals surface area contributed by atoms with Crippen LogP contribution in [0.1, 0.15) is 23.3 Å². The molecule has 0 radical (unpaired) electrons. The number of likely N-dealkylation sites (tertiary alicyclic amines) is 1. The maximum Gasteiger partial charge on any atom is 0.355 e. The van der Waals surface area contributed by atoms with Crippen molar-refractivity contribution in [3.63, 3.8) is 0 Å². The molecular weight excluding hydrogens is 348 g/mol. The van der Waals surface area contributed by atoms with Gasteiger partial charge in [0.05, 0.1) is 0 Å². The third-order valence-corrected chi connectivity index (χ3v) is 5.83. The smallest absolute Gasteiger partial charge is 0.355 e. The maximum atomic E-state index is 12.1. The quantitative estimate of drug-likeness (QED) is 0.469. The average molecular weight is 373 g/mol. The standard InChI is InChI=1S/C15H24N4O3S2/c1-18(2)6-5-16-9-11-3-4-13(20)19(11)7-8-23-15-17-12(10-24-15)14(21)22/h10-11,16H,3-9H2,1-2H3,(H,21,22)/t11-/m1/s1. The zero-order valence-corrected chi connectivity index (χ0v) is 15.7. The summed E-state index contributed by atoms with van der Waals surface area (Å²) in [4.78, 5) is 31.0. The SMILES string of the molecule is CN(C)CCNC[C@H]1CCC(=O)N1CCSc1nc(C(=O)O)cs1. The van der Waals surface area contributed by atoms with Crippen LogP contribution >= 0.6 is 23.1 Å². The first-order valence-corrected chi connectivity index (χ1v) is 9.80. The van der Waals surface area contributed by atoms with Crippen molar-refractivity contribution in [2.75, 3.05) is 46.0 Å². The molecule has 0 bridgehead atoms. The van der Waals surface area contributed by atoms with Crippen LogP contribution in [0, 0.1) is 0 Å². The number of aromatic carboxylic acids is 1. The summed E-state index contributed by atoms with van der Waals surface area (Å²) in [6.07, 6.45) is 1.52. The van der Waals surface area contributed by atoms with Gasteiger partial charge in [-0.1, -0.05) is 11.8 Å². The lowest BCUT2D eigenvalue weighted by atomic mass is 10.2. The Balaban J connectivity index is 1.74. The third-order valence-electron chi connectivity index (χ3n) is 3.83. The highest BCUT2D eigenvalue weighted by Crippen LogP contribution is 2.24. The first kappa shape index (κ1) is 19.2. The van der Waals surface area contributed by atoms with E-state index in [1.165, 1.54) is 23.1 Å². The Hall–Kier alpha value is -1.16. The molecule has 2 N–H and O–H groups in total. The second kappa shape index (κ2) is 9.36. The zero-order chi connectivity index (χ0) is 17.5. The van der Waals surface area contributed by atoms with E-state index in [0.717, 1.165) is 36.1 Å². The lowest BCUT2D eigenvalue weighted by Crippen LogP contribution is -2.42. The molecule has 1 atom stereocenters. The lowest BCUT2D eigenvalue weighted by Gasteiger charge is -2.25. The highest BCUT2D eigenvalue weighted by molar-refractivity contribution is 8.01. The summed E-state index contributed by atoms with van der Waals surface area (Å²) in [5.41, 5.74) is 0.0858. The summed E-state index contributed by atoms with van der Waals surface area (Å²) in [7, 11) is 4.08. The van der Waals surface area contributed by atoms with Crippen molar-refractivity contribution in [3.05, 3.63) is 11.1 Å². The molecule has 1 aromatic rings. The van der Waals surface area contributed by atoms with E-state index in [4.69, 9.17) is 5.11 Å². The molecule has 134 valence electrons. The molecule has 0 saturated carbocycles. The number of carbonyl (C=O) groups excluding carboxylic acids is 1. The summed E-state index contributed by atoms with van der Waals surface area (Å²) in [5, 5.41) is 13.8. The van der Waals surface area contributed by atoms with Crippen LogP contribution in [-0.4, -0.2) is 83.8 Å². The van der Waals surface area contributed by atoms with E-state index >= 15 is 0 Å². The molecule has 7 nitrogen and oxygen atoms in total. The van der Waals surface area contributed by atoms with Gasteiger partial charge in [0, 0.05) is 49.8 Å². The first-order valence-electron chi connectivity index (χ1n) is 7.94. The summed E-state index contributed by atoms with van der Waals surface area (Å²) >= 11 is 2.84. The van der Waals surface area contributed by atoms with Gasteiger partial charge in [-0.25, -0.2) is 9.78 Å². The number of likely N-dealkylation sites (N-methyl/N-ethyl adjacent to an activating group) is 1. The van der Waals surface area contributed by atoms with E-state index in [9.17, 15) is 9.59 Å². The van der Waals surface area contributed by atoms with Crippen LogP contribution in [0.2, 0.25) is 0 Å². The van der Waals surface area contributed by atoms with Gasteiger partial charge in [-0.3, -0.25) is 4.79 Å². The predicted octanol–water partition coefficient (Wildman–Crippen LogP) is 1.08. The second-order valence-corrected chi connectivity index (χ2v) is 8.14. The number of carboxylic acids is 1. The Kier molecular flexibility index (Phi) is 7.47. The number of nitrogens with zero attached hydrogens (tertiary/aromatic N) is 3. The molecule has 1 aliphatic heterocycles. The molecule has 1 aliphatic rings. The number of rotatable bonds is 10. The van der Waals surface area contributed by atoms with E-state index < -0.39 is 5.97 Å². The molecule has 9 heteroatoms. The van der Waals surface area contributed by atoms with Gasteiger partial charge in [0.25, 0.3) is 0 Å². The van der Waals surface area contributed by atoms with Crippen LogP contribution in [0.3, 0.4) is 0 Å². The molecule has 0 spiro atoms. The Morgan fingerprint density at radius 3 is 3.04 bits per heavy atom. The predicted molar refractivity (Wildman–Crippen MR) is 96.0 cm³/mol. The number of hydrogen-bond acceptors (Lipinski definition) is 7. The molecule has 2 heterocycles. The van der Waals surface area contributed by atoms with Crippen LogP contribution in [-0.2, 0) is 4.79 Å². The first-order chi connectivity index (χ1) is 11.5. The Morgan fingerprint density at radius 1 is 1.58 bits per heavy atom. The second-order valence-electron chi connectivity index (χ2n) is 5.94. The Labute approximate surface area is 150 Å². The van der Waals surface area contributed by atoms with E-state index in [2.05, 4.69) is 15.2 Å². The molecule has 1 fully saturated rings. The van der Waals surface area contributed by atoms with Crippen LogP contribution in [0.25, 0.3) is 0 Å². The van der Waals surface area contributed by atoms with Crippen LogP contribution < -0.4 is 5.32 Å². The van der Waals surface area contributed by atoms with Crippen molar-refractivity contribution >= 4 is 35.0 Å². The molecule has 0 unspecified atom stereocenters.